The van der Waals surface area contributed by atoms with Gasteiger partial charge in [0, 0.05) is 34.1 Å². The number of pyridine rings is 1. The van der Waals surface area contributed by atoms with Crippen LogP contribution in [0.3, 0.4) is 0 Å². The monoisotopic (exact) mass is 461 g/mol. The Labute approximate surface area is 185 Å². The number of benzene rings is 2. The Morgan fingerprint density at radius 3 is 2.65 bits per heavy atom. The Morgan fingerprint density at radius 2 is 1.90 bits per heavy atom. The van der Waals surface area contributed by atoms with Crippen LogP contribution in [0.25, 0.3) is 22.2 Å². The van der Waals surface area contributed by atoms with Gasteiger partial charge < -0.3 is 10.6 Å². The Kier molecular flexibility index (Phi) is 5.56. The molecule has 5 nitrogen and oxygen atoms in total. The van der Waals surface area contributed by atoms with Gasteiger partial charge >= 0.3 is 0 Å². The van der Waals surface area contributed by atoms with Gasteiger partial charge in [-0.3, -0.25) is 9.78 Å². The molecule has 1 unspecified atom stereocenters. The number of nitrogens with two attached hydrogens (primary N) is 1. The molecule has 0 saturated carbocycles. The van der Waals surface area contributed by atoms with Crippen molar-refractivity contribution in [1.82, 2.24) is 9.71 Å². The first-order valence-electron chi connectivity index (χ1n) is 9.13. The first-order valence-corrected chi connectivity index (χ1v) is 9.88. The van der Waals surface area contributed by atoms with E-state index in [9.17, 15) is 13.6 Å². The largest absolute Gasteiger partial charge is 0.406 e. The molecule has 0 bridgehead atoms. The Bertz CT molecular complexity index is 1320. The minimum absolute atomic E-state index is 0.0470. The van der Waals surface area contributed by atoms with Crippen molar-refractivity contribution in [3.63, 3.8) is 0 Å². The van der Waals surface area contributed by atoms with Crippen molar-refractivity contribution in [2.45, 2.75) is 13.0 Å². The molecule has 9 heteroatoms. The van der Waals surface area contributed by atoms with E-state index in [0.29, 0.717) is 27.7 Å². The molecule has 0 spiro atoms. The average molecular weight is 462 g/mol. The van der Waals surface area contributed by atoms with Crippen molar-refractivity contribution < 1.29 is 18.4 Å². The van der Waals surface area contributed by atoms with Gasteiger partial charge in [-0.25, -0.2) is 8.78 Å². The lowest BCUT2D eigenvalue weighted by Crippen LogP contribution is -2.16. The summed E-state index contributed by atoms with van der Waals surface area (Å²) in [5, 5.41) is 0.155. The molecule has 1 atom stereocenters. The summed E-state index contributed by atoms with van der Waals surface area (Å²) >= 11 is 12.3. The van der Waals surface area contributed by atoms with Crippen molar-refractivity contribution >= 4 is 40.1 Å². The van der Waals surface area contributed by atoms with Crippen LogP contribution in [-0.4, -0.2) is 15.6 Å². The lowest BCUT2D eigenvalue weighted by Gasteiger charge is -2.19. The molecule has 0 aliphatic heterocycles. The van der Waals surface area contributed by atoms with Gasteiger partial charge in [-0.15, -0.1) is 0 Å². The van der Waals surface area contributed by atoms with Gasteiger partial charge in [0.15, 0.2) is 6.10 Å². The van der Waals surface area contributed by atoms with E-state index in [2.05, 4.69) is 4.98 Å². The third-order valence-electron chi connectivity index (χ3n) is 4.78. The van der Waals surface area contributed by atoms with Crippen molar-refractivity contribution in [3.05, 3.63) is 87.7 Å². The number of carbonyl (C=O) groups excluding carboxylic acids is 1. The SMILES string of the molecule is CC(On1ccc2ncc(-c3cc(F)cc(C(N)=O)c3)cc21)c1c(Cl)ccc(F)c1Cl. The molecule has 0 saturated heterocycles. The number of hydrogen-bond donors (Lipinski definition) is 1. The highest BCUT2D eigenvalue weighted by Gasteiger charge is 2.20. The van der Waals surface area contributed by atoms with Crippen molar-refractivity contribution in [1.29, 1.82) is 0 Å². The van der Waals surface area contributed by atoms with Gasteiger partial charge in [0.25, 0.3) is 0 Å². The average Bonchev–Trinajstić information content (AvgIpc) is 3.12. The molecular weight excluding hydrogens is 447 g/mol. The zero-order valence-corrected chi connectivity index (χ0v) is 17.6. The topological polar surface area (TPSA) is 70.1 Å². The highest BCUT2D eigenvalue weighted by molar-refractivity contribution is 6.36. The number of carbonyl (C=O) groups is 1. The van der Waals surface area contributed by atoms with Crippen LogP contribution in [0.1, 0.15) is 28.9 Å². The molecule has 31 heavy (non-hydrogen) atoms. The predicted octanol–water partition coefficient (Wildman–Crippen LogP) is 5.58. The summed E-state index contributed by atoms with van der Waals surface area (Å²) in [6.07, 6.45) is 2.50. The summed E-state index contributed by atoms with van der Waals surface area (Å²) in [4.78, 5) is 21.8. The molecule has 0 aliphatic carbocycles. The Balaban J connectivity index is 1.73. The first-order chi connectivity index (χ1) is 14.7. The molecule has 2 N–H and O–H groups in total. The molecule has 0 aliphatic rings. The molecule has 1 amide bonds. The summed E-state index contributed by atoms with van der Waals surface area (Å²) in [6, 6.07) is 9.87. The van der Waals surface area contributed by atoms with Crippen molar-refractivity contribution in [2.75, 3.05) is 0 Å². The highest BCUT2D eigenvalue weighted by atomic mass is 35.5. The van der Waals surface area contributed by atoms with Crippen LogP contribution in [0.5, 0.6) is 0 Å². The van der Waals surface area contributed by atoms with Gasteiger partial charge in [0.2, 0.25) is 5.91 Å². The Hall–Kier alpha value is -3.16. The fourth-order valence-corrected chi connectivity index (χ4v) is 3.95. The number of hydrogen-bond acceptors (Lipinski definition) is 3. The van der Waals surface area contributed by atoms with E-state index < -0.39 is 23.6 Å². The summed E-state index contributed by atoms with van der Waals surface area (Å²) in [6.45, 7) is 1.68. The van der Waals surface area contributed by atoms with E-state index in [4.69, 9.17) is 33.8 Å². The zero-order valence-electron chi connectivity index (χ0n) is 16.1. The minimum Gasteiger partial charge on any atom is -0.406 e. The number of amides is 1. The summed E-state index contributed by atoms with van der Waals surface area (Å²) in [5.41, 5.74) is 7.79. The number of halogens is 4. The fourth-order valence-electron chi connectivity index (χ4n) is 3.27. The van der Waals surface area contributed by atoms with Crippen LogP contribution in [0.4, 0.5) is 8.78 Å². The zero-order chi connectivity index (χ0) is 22.3. The van der Waals surface area contributed by atoms with E-state index >= 15 is 0 Å². The molecule has 2 heterocycles. The lowest BCUT2D eigenvalue weighted by molar-refractivity contribution is 0.0562. The molecule has 2 aromatic heterocycles. The fraction of sp³-hybridized carbons (Fsp3) is 0.0909. The first kappa shape index (κ1) is 21.1. The Morgan fingerprint density at radius 1 is 1.13 bits per heavy atom. The molecule has 0 radical (unpaired) electrons. The van der Waals surface area contributed by atoms with Gasteiger partial charge in [-0.05, 0) is 55.0 Å². The second kappa shape index (κ2) is 8.17. The van der Waals surface area contributed by atoms with Crippen LogP contribution in [0.2, 0.25) is 10.0 Å². The molecule has 0 fully saturated rings. The van der Waals surface area contributed by atoms with E-state index in [1.165, 1.54) is 29.0 Å². The predicted molar refractivity (Wildman–Crippen MR) is 115 cm³/mol. The van der Waals surface area contributed by atoms with Gasteiger partial charge in [0.1, 0.15) is 17.2 Å². The van der Waals surface area contributed by atoms with Crippen LogP contribution >= 0.6 is 23.2 Å². The highest BCUT2D eigenvalue weighted by Crippen LogP contribution is 2.33. The van der Waals surface area contributed by atoms with Gasteiger partial charge in [0.05, 0.1) is 10.5 Å². The van der Waals surface area contributed by atoms with Crippen LogP contribution in [0, 0.1) is 11.6 Å². The number of nitrogens with zero attached hydrogens (tertiary/aromatic N) is 2. The standard InChI is InChI=1S/C22H15Cl2F2N3O2/c1-11(20-16(23)2-3-17(26)21(20)24)31-29-5-4-18-19(29)9-14(10-28-18)12-6-13(22(27)30)8-15(25)7-12/h2-11H,1H3,(H2,27,30). The maximum atomic E-state index is 14.0. The second-order valence-corrected chi connectivity index (χ2v) is 7.65. The molecule has 4 aromatic rings. The van der Waals surface area contributed by atoms with E-state index in [0.717, 1.165) is 6.07 Å². The van der Waals surface area contributed by atoms with Crippen molar-refractivity contribution in [2.24, 2.45) is 5.73 Å². The van der Waals surface area contributed by atoms with Crippen LogP contribution in [0.15, 0.2) is 54.9 Å². The smallest absolute Gasteiger partial charge is 0.248 e. The van der Waals surface area contributed by atoms with Gasteiger partial charge in [-0.2, -0.15) is 4.73 Å². The van der Waals surface area contributed by atoms with Crippen LogP contribution < -0.4 is 10.6 Å². The third-order valence-corrected chi connectivity index (χ3v) is 5.49. The van der Waals surface area contributed by atoms with Gasteiger partial charge in [-0.1, -0.05) is 23.2 Å². The number of aromatic nitrogens is 2. The summed E-state index contributed by atoms with van der Waals surface area (Å²) < 4.78 is 29.3. The van der Waals surface area contributed by atoms with E-state index in [1.54, 1.807) is 31.5 Å². The molecule has 4 rings (SSSR count). The lowest BCUT2D eigenvalue weighted by atomic mass is 10.0. The maximum Gasteiger partial charge on any atom is 0.248 e. The number of rotatable bonds is 5. The number of primary amides is 1. The second-order valence-electron chi connectivity index (χ2n) is 6.87. The summed E-state index contributed by atoms with van der Waals surface area (Å²) in [7, 11) is 0. The quantitative estimate of drug-likeness (QED) is 0.394. The van der Waals surface area contributed by atoms with Crippen LogP contribution in [-0.2, 0) is 0 Å². The van der Waals surface area contributed by atoms with Crippen molar-refractivity contribution in [3.8, 4) is 11.1 Å². The summed E-state index contributed by atoms with van der Waals surface area (Å²) in [5.74, 6) is -1.93. The van der Waals surface area contributed by atoms with E-state index in [-0.39, 0.29) is 15.6 Å². The number of fused-ring (bicyclic) bond motifs is 1. The van der Waals surface area contributed by atoms with E-state index in [1.807, 2.05) is 0 Å². The molecular formula is C22H15Cl2F2N3O2. The minimum atomic E-state index is -0.737. The molecule has 158 valence electrons. The third kappa shape index (κ3) is 4.06. The molecule has 2 aromatic carbocycles. The normalized spacial score (nSPS) is 12.2. The maximum absolute atomic E-state index is 14.0.